The highest BCUT2D eigenvalue weighted by Crippen LogP contribution is 2.33. The predicted octanol–water partition coefficient (Wildman–Crippen LogP) is 6.94. The van der Waals surface area contributed by atoms with E-state index >= 15 is 0 Å². The van der Waals surface area contributed by atoms with Crippen LogP contribution in [-0.2, 0) is 0 Å². The summed E-state index contributed by atoms with van der Waals surface area (Å²) < 4.78 is 0. The Labute approximate surface area is 123 Å². The van der Waals surface area contributed by atoms with Crippen LogP contribution in [0.1, 0.15) is 93.4 Å². The van der Waals surface area contributed by atoms with Crippen molar-refractivity contribution in [2.75, 3.05) is 0 Å². The smallest absolute Gasteiger partial charge is 0.0386 e. The summed E-state index contributed by atoms with van der Waals surface area (Å²) in [5.41, 5.74) is 0. The maximum Gasteiger partial charge on any atom is -0.0386 e. The molecule has 0 amide bonds. The molecule has 0 fully saturated rings. The number of hydrogen-bond donors (Lipinski definition) is 0. The third-order valence-electron chi connectivity index (χ3n) is 5.73. The van der Waals surface area contributed by atoms with Crippen LogP contribution >= 0.6 is 0 Å². The molecule has 0 aromatic carbocycles. The Balaban J connectivity index is 4.29. The van der Waals surface area contributed by atoms with Crippen molar-refractivity contribution >= 4 is 0 Å². The Kier molecular flexibility index (Phi) is 10.7. The van der Waals surface area contributed by atoms with Gasteiger partial charge in [-0.15, -0.1) is 0 Å². The highest BCUT2D eigenvalue weighted by Gasteiger charge is 2.21. The zero-order chi connectivity index (χ0) is 14.8. The lowest BCUT2D eigenvalue weighted by atomic mass is 9.77. The van der Waals surface area contributed by atoms with Crippen molar-refractivity contribution in [2.45, 2.75) is 93.4 Å². The Morgan fingerprint density at radius 2 is 1.16 bits per heavy atom. The first-order valence-electron chi connectivity index (χ1n) is 8.99. The first-order chi connectivity index (χ1) is 8.99. The second-order valence-corrected chi connectivity index (χ2v) is 7.03. The normalized spacial score (nSPS) is 19.7. The minimum Gasteiger partial charge on any atom is -0.0651 e. The van der Waals surface area contributed by atoms with Crippen LogP contribution in [0.25, 0.3) is 0 Å². The van der Waals surface area contributed by atoms with E-state index in [1.165, 1.54) is 44.9 Å². The summed E-state index contributed by atoms with van der Waals surface area (Å²) in [4.78, 5) is 0. The van der Waals surface area contributed by atoms with Crippen LogP contribution in [-0.4, -0.2) is 0 Å². The first kappa shape index (κ1) is 19.0. The van der Waals surface area contributed by atoms with E-state index in [0.717, 1.165) is 29.6 Å². The molecule has 5 unspecified atom stereocenters. The maximum absolute atomic E-state index is 2.45. The first-order valence-corrected chi connectivity index (χ1v) is 8.99. The zero-order valence-corrected chi connectivity index (χ0v) is 14.8. The van der Waals surface area contributed by atoms with E-state index in [0.29, 0.717) is 0 Å². The van der Waals surface area contributed by atoms with Crippen molar-refractivity contribution in [3.63, 3.8) is 0 Å². The van der Waals surface area contributed by atoms with Gasteiger partial charge in [-0.3, -0.25) is 0 Å². The fourth-order valence-electron chi connectivity index (χ4n) is 3.31. The zero-order valence-electron chi connectivity index (χ0n) is 14.8. The quantitative estimate of drug-likeness (QED) is 0.381. The van der Waals surface area contributed by atoms with Gasteiger partial charge >= 0.3 is 0 Å². The standard InChI is InChI=1S/C19H40/c1-8-15(5)14-19(11-4)18(10-3)13-12-17(7)16(6)9-2/h15-19H,8-14H2,1-7H3. The molecule has 0 aliphatic rings. The Morgan fingerprint density at radius 3 is 1.58 bits per heavy atom. The lowest BCUT2D eigenvalue weighted by molar-refractivity contribution is 0.219. The summed E-state index contributed by atoms with van der Waals surface area (Å²) in [5, 5.41) is 0. The average molecular weight is 269 g/mol. The Morgan fingerprint density at radius 1 is 0.579 bits per heavy atom. The minimum atomic E-state index is 0.896. The second-order valence-electron chi connectivity index (χ2n) is 7.03. The van der Waals surface area contributed by atoms with Gasteiger partial charge in [-0.05, 0) is 42.4 Å². The van der Waals surface area contributed by atoms with Crippen molar-refractivity contribution in [1.29, 1.82) is 0 Å². The fraction of sp³-hybridized carbons (Fsp3) is 1.00. The third kappa shape index (κ3) is 7.37. The van der Waals surface area contributed by atoms with Crippen molar-refractivity contribution < 1.29 is 0 Å². The maximum atomic E-state index is 2.45. The molecule has 19 heavy (non-hydrogen) atoms. The van der Waals surface area contributed by atoms with Crippen LogP contribution in [0.3, 0.4) is 0 Å². The van der Waals surface area contributed by atoms with Crippen LogP contribution in [0.4, 0.5) is 0 Å². The largest absolute Gasteiger partial charge is 0.0651 e. The topological polar surface area (TPSA) is 0 Å². The molecule has 0 N–H and O–H groups in total. The van der Waals surface area contributed by atoms with Gasteiger partial charge in [0.15, 0.2) is 0 Å². The van der Waals surface area contributed by atoms with Gasteiger partial charge in [-0.25, -0.2) is 0 Å². The summed E-state index contributed by atoms with van der Waals surface area (Å²) in [7, 11) is 0. The molecule has 0 nitrogen and oxygen atoms in total. The van der Waals surface area contributed by atoms with Gasteiger partial charge in [0, 0.05) is 0 Å². The molecule has 0 aliphatic carbocycles. The van der Waals surface area contributed by atoms with Gasteiger partial charge in [0.05, 0.1) is 0 Å². The fourth-order valence-corrected chi connectivity index (χ4v) is 3.31. The Hall–Kier alpha value is 0. The van der Waals surface area contributed by atoms with Gasteiger partial charge in [-0.1, -0.05) is 80.6 Å². The van der Waals surface area contributed by atoms with Gasteiger partial charge in [-0.2, -0.15) is 0 Å². The Bertz CT molecular complexity index is 196. The monoisotopic (exact) mass is 268 g/mol. The van der Waals surface area contributed by atoms with Crippen LogP contribution < -0.4 is 0 Å². The van der Waals surface area contributed by atoms with Crippen molar-refractivity contribution in [2.24, 2.45) is 29.6 Å². The molecule has 0 aliphatic heterocycles. The highest BCUT2D eigenvalue weighted by atomic mass is 14.3. The number of hydrogen-bond acceptors (Lipinski definition) is 0. The van der Waals surface area contributed by atoms with Gasteiger partial charge in [0.2, 0.25) is 0 Å². The minimum absolute atomic E-state index is 0.896. The van der Waals surface area contributed by atoms with Crippen molar-refractivity contribution in [3.8, 4) is 0 Å². The molecule has 0 spiro atoms. The molecule has 0 radical (unpaired) electrons. The van der Waals surface area contributed by atoms with E-state index in [1.54, 1.807) is 0 Å². The molecule has 0 heteroatoms. The highest BCUT2D eigenvalue weighted by molar-refractivity contribution is 4.72. The van der Waals surface area contributed by atoms with E-state index < -0.39 is 0 Å². The second kappa shape index (κ2) is 10.7. The summed E-state index contributed by atoms with van der Waals surface area (Å²) >= 11 is 0. The molecule has 0 aromatic heterocycles. The van der Waals surface area contributed by atoms with Crippen molar-refractivity contribution in [1.82, 2.24) is 0 Å². The molecule has 0 saturated heterocycles. The van der Waals surface area contributed by atoms with Crippen LogP contribution in [0.15, 0.2) is 0 Å². The summed E-state index contributed by atoms with van der Waals surface area (Å²) in [6.07, 6.45) is 9.77. The van der Waals surface area contributed by atoms with E-state index in [2.05, 4.69) is 48.5 Å². The molecule has 0 aromatic rings. The van der Waals surface area contributed by atoms with Crippen LogP contribution in [0.2, 0.25) is 0 Å². The van der Waals surface area contributed by atoms with Gasteiger partial charge < -0.3 is 0 Å². The SMILES string of the molecule is CCC(C)CC(CC)C(CC)CCC(C)C(C)CC. The summed E-state index contributed by atoms with van der Waals surface area (Å²) in [6.45, 7) is 16.8. The molecule has 0 bridgehead atoms. The van der Waals surface area contributed by atoms with E-state index in [4.69, 9.17) is 0 Å². The van der Waals surface area contributed by atoms with Gasteiger partial charge in [0.25, 0.3) is 0 Å². The molecule has 0 rings (SSSR count). The molecular formula is C19H40. The molecule has 0 saturated carbocycles. The van der Waals surface area contributed by atoms with E-state index in [9.17, 15) is 0 Å². The average Bonchev–Trinajstić information content (AvgIpc) is 2.44. The molecule has 116 valence electrons. The summed E-state index contributed by atoms with van der Waals surface area (Å²) in [6, 6.07) is 0. The third-order valence-corrected chi connectivity index (χ3v) is 5.73. The lowest BCUT2D eigenvalue weighted by Crippen LogP contribution is -2.18. The van der Waals surface area contributed by atoms with E-state index in [-0.39, 0.29) is 0 Å². The van der Waals surface area contributed by atoms with E-state index in [1.807, 2.05) is 0 Å². The molecular weight excluding hydrogens is 228 g/mol. The summed E-state index contributed by atoms with van der Waals surface area (Å²) in [5.74, 6) is 4.63. The molecule has 5 atom stereocenters. The predicted molar refractivity (Wildman–Crippen MR) is 89.5 cm³/mol. The van der Waals surface area contributed by atoms with Gasteiger partial charge in [0.1, 0.15) is 0 Å². The lowest BCUT2D eigenvalue weighted by Gasteiger charge is -2.29. The molecule has 0 heterocycles. The van der Waals surface area contributed by atoms with Crippen molar-refractivity contribution in [3.05, 3.63) is 0 Å². The number of rotatable bonds is 11. The van der Waals surface area contributed by atoms with Crippen LogP contribution in [0, 0.1) is 29.6 Å². The van der Waals surface area contributed by atoms with Crippen LogP contribution in [0.5, 0.6) is 0 Å².